The summed E-state index contributed by atoms with van der Waals surface area (Å²) >= 11 is 3.97. The number of nitrogens with zero attached hydrogens (tertiary/aromatic N) is 1. The number of carbonyl (C=O) groups is 1. The largest absolute Gasteiger partial charge is 0.334 e. The summed E-state index contributed by atoms with van der Waals surface area (Å²) in [6, 6.07) is 0.0233. The fraction of sp³-hybridized carbons (Fsp3) is 0.909. The molecule has 1 fully saturated rings. The van der Waals surface area contributed by atoms with Crippen molar-refractivity contribution in [2.45, 2.75) is 51.0 Å². The molecule has 94 valence electrons. The zero-order valence-corrected chi connectivity index (χ0v) is 10.3. The van der Waals surface area contributed by atoms with Crippen molar-refractivity contribution in [1.82, 2.24) is 4.90 Å². The maximum atomic E-state index is 12.4. The van der Waals surface area contributed by atoms with Crippen LogP contribution in [-0.2, 0) is 4.79 Å². The standard InChI is InChI=1S/C11H19F2NOS/c12-10(13)8-14(11(15)6-7-16)9-4-2-1-3-5-9/h9-10,16H,1-8H2. The molecule has 0 heterocycles. The van der Waals surface area contributed by atoms with E-state index in [0.29, 0.717) is 5.75 Å². The van der Waals surface area contributed by atoms with Crippen molar-refractivity contribution in [3.05, 3.63) is 0 Å². The fourth-order valence-electron chi connectivity index (χ4n) is 2.24. The molecule has 0 aromatic rings. The van der Waals surface area contributed by atoms with Crippen molar-refractivity contribution >= 4 is 18.5 Å². The average Bonchev–Trinajstić information content (AvgIpc) is 2.27. The Morgan fingerprint density at radius 3 is 2.44 bits per heavy atom. The predicted molar refractivity (Wildman–Crippen MR) is 63.1 cm³/mol. The molecule has 1 aliphatic rings. The van der Waals surface area contributed by atoms with E-state index in [2.05, 4.69) is 12.6 Å². The molecule has 0 atom stereocenters. The summed E-state index contributed by atoms with van der Waals surface area (Å²) in [4.78, 5) is 13.1. The molecule has 1 saturated carbocycles. The second-order valence-electron chi connectivity index (χ2n) is 4.20. The zero-order valence-electron chi connectivity index (χ0n) is 9.37. The normalized spacial score (nSPS) is 17.8. The number of rotatable bonds is 5. The van der Waals surface area contributed by atoms with Gasteiger partial charge in [-0.25, -0.2) is 8.78 Å². The van der Waals surface area contributed by atoms with Crippen molar-refractivity contribution in [3.63, 3.8) is 0 Å². The Hall–Kier alpha value is -0.320. The van der Waals surface area contributed by atoms with E-state index < -0.39 is 13.0 Å². The monoisotopic (exact) mass is 251 g/mol. The van der Waals surface area contributed by atoms with Crippen molar-refractivity contribution in [1.29, 1.82) is 0 Å². The van der Waals surface area contributed by atoms with Gasteiger partial charge in [0.1, 0.15) is 0 Å². The Bertz CT molecular complexity index is 220. The van der Waals surface area contributed by atoms with Gasteiger partial charge < -0.3 is 4.90 Å². The van der Waals surface area contributed by atoms with Gasteiger partial charge in [0, 0.05) is 12.5 Å². The molecule has 0 aliphatic heterocycles. The molecule has 5 heteroatoms. The Morgan fingerprint density at radius 2 is 1.94 bits per heavy atom. The van der Waals surface area contributed by atoms with Crippen LogP contribution >= 0.6 is 12.6 Å². The van der Waals surface area contributed by atoms with Crippen LogP contribution in [0.5, 0.6) is 0 Å². The smallest absolute Gasteiger partial charge is 0.255 e. The van der Waals surface area contributed by atoms with Crippen LogP contribution in [0.3, 0.4) is 0 Å². The molecule has 0 bridgehead atoms. The third-order valence-corrected chi connectivity index (χ3v) is 3.22. The van der Waals surface area contributed by atoms with E-state index in [4.69, 9.17) is 0 Å². The van der Waals surface area contributed by atoms with Gasteiger partial charge in [0.05, 0.1) is 6.54 Å². The fourth-order valence-corrected chi connectivity index (χ4v) is 2.43. The summed E-state index contributed by atoms with van der Waals surface area (Å²) in [5.41, 5.74) is 0. The Balaban J connectivity index is 2.57. The second kappa shape index (κ2) is 7.09. The Morgan fingerprint density at radius 1 is 1.31 bits per heavy atom. The summed E-state index contributed by atoms with van der Waals surface area (Å²) in [6.45, 7) is -0.419. The van der Waals surface area contributed by atoms with E-state index in [9.17, 15) is 13.6 Å². The lowest BCUT2D eigenvalue weighted by molar-refractivity contribution is -0.136. The number of alkyl halides is 2. The van der Waals surface area contributed by atoms with Crippen LogP contribution in [0.1, 0.15) is 38.5 Å². The first-order valence-corrected chi connectivity index (χ1v) is 6.47. The van der Waals surface area contributed by atoms with E-state index >= 15 is 0 Å². The van der Waals surface area contributed by atoms with Crippen molar-refractivity contribution in [3.8, 4) is 0 Å². The minimum Gasteiger partial charge on any atom is -0.334 e. The van der Waals surface area contributed by atoms with Gasteiger partial charge >= 0.3 is 0 Å². The van der Waals surface area contributed by atoms with Crippen molar-refractivity contribution in [2.24, 2.45) is 0 Å². The molecule has 0 spiro atoms. The maximum Gasteiger partial charge on any atom is 0.255 e. The molecule has 16 heavy (non-hydrogen) atoms. The molecular weight excluding hydrogens is 232 g/mol. The summed E-state index contributed by atoms with van der Waals surface area (Å²) in [5.74, 6) is 0.243. The first kappa shape index (κ1) is 13.7. The highest BCUT2D eigenvalue weighted by Gasteiger charge is 2.27. The number of thiol groups is 1. The highest BCUT2D eigenvalue weighted by atomic mass is 32.1. The molecule has 1 amide bonds. The lowest BCUT2D eigenvalue weighted by Crippen LogP contribution is -2.44. The SMILES string of the molecule is O=C(CCS)N(CC(F)F)C1CCCCC1. The van der Waals surface area contributed by atoms with Gasteiger partial charge in [0.15, 0.2) is 0 Å². The van der Waals surface area contributed by atoms with Crippen LogP contribution in [0.25, 0.3) is 0 Å². The number of halogens is 2. The number of amides is 1. The van der Waals surface area contributed by atoms with Gasteiger partial charge in [-0.3, -0.25) is 4.79 Å². The third-order valence-electron chi connectivity index (χ3n) is 3.00. The van der Waals surface area contributed by atoms with Crippen LogP contribution in [0.15, 0.2) is 0 Å². The topological polar surface area (TPSA) is 20.3 Å². The second-order valence-corrected chi connectivity index (χ2v) is 4.65. The van der Waals surface area contributed by atoms with E-state index in [0.717, 1.165) is 32.1 Å². The van der Waals surface area contributed by atoms with Crippen molar-refractivity contribution < 1.29 is 13.6 Å². The van der Waals surface area contributed by atoms with E-state index in [-0.39, 0.29) is 18.4 Å². The highest BCUT2D eigenvalue weighted by Crippen LogP contribution is 2.23. The minimum absolute atomic E-state index is 0.0233. The molecule has 0 N–H and O–H groups in total. The first-order chi connectivity index (χ1) is 7.65. The van der Waals surface area contributed by atoms with Crippen LogP contribution in [-0.4, -0.2) is 35.6 Å². The van der Waals surface area contributed by atoms with E-state index in [1.54, 1.807) is 0 Å². The summed E-state index contributed by atoms with van der Waals surface area (Å²) in [7, 11) is 0. The molecule has 0 aromatic heterocycles. The van der Waals surface area contributed by atoms with Crippen LogP contribution in [0.4, 0.5) is 8.78 Å². The van der Waals surface area contributed by atoms with Gasteiger partial charge in [-0.05, 0) is 18.6 Å². The van der Waals surface area contributed by atoms with Gasteiger partial charge in [-0.1, -0.05) is 19.3 Å². The number of hydrogen-bond acceptors (Lipinski definition) is 2. The molecule has 0 radical (unpaired) electrons. The van der Waals surface area contributed by atoms with Gasteiger partial charge in [-0.15, -0.1) is 0 Å². The van der Waals surface area contributed by atoms with Crippen LogP contribution < -0.4 is 0 Å². The summed E-state index contributed by atoms with van der Waals surface area (Å²) in [6.07, 6.45) is 2.78. The molecule has 2 nitrogen and oxygen atoms in total. The minimum atomic E-state index is -2.44. The summed E-state index contributed by atoms with van der Waals surface area (Å²) < 4.78 is 24.9. The molecule has 0 saturated heterocycles. The molecule has 0 aromatic carbocycles. The lowest BCUT2D eigenvalue weighted by atomic mass is 9.94. The van der Waals surface area contributed by atoms with E-state index in [1.807, 2.05) is 0 Å². The van der Waals surface area contributed by atoms with Gasteiger partial charge in [-0.2, -0.15) is 12.6 Å². The average molecular weight is 251 g/mol. The zero-order chi connectivity index (χ0) is 12.0. The van der Waals surface area contributed by atoms with Crippen LogP contribution in [0, 0.1) is 0 Å². The van der Waals surface area contributed by atoms with E-state index in [1.165, 1.54) is 4.90 Å². The quantitative estimate of drug-likeness (QED) is 0.745. The molecule has 0 unspecified atom stereocenters. The van der Waals surface area contributed by atoms with Gasteiger partial charge in [0.25, 0.3) is 6.43 Å². The Kier molecular flexibility index (Phi) is 6.09. The number of hydrogen-bond donors (Lipinski definition) is 1. The third kappa shape index (κ3) is 4.28. The maximum absolute atomic E-state index is 12.4. The van der Waals surface area contributed by atoms with Gasteiger partial charge in [0.2, 0.25) is 5.91 Å². The lowest BCUT2D eigenvalue weighted by Gasteiger charge is -2.34. The van der Waals surface area contributed by atoms with Crippen molar-refractivity contribution in [2.75, 3.05) is 12.3 Å². The first-order valence-electron chi connectivity index (χ1n) is 5.83. The van der Waals surface area contributed by atoms with Crippen LogP contribution in [0.2, 0.25) is 0 Å². The molecular formula is C11H19F2NOS. The Labute approximate surface area is 101 Å². The summed E-state index contributed by atoms with van der Waals surface area (Å²) in [5, 5.41) is 0. The molecule has 1 rings (SSSR count). The predicted octanol–water partition coefficient (Wildman–Crippen LogP) is 2.73. The highest BCUT2D eigenvalue weighted by molar-refractivity contribution is 7.80. The molecule has 1 aliphatic carbocycles. The number of carbonyl (C=O) groups excluding carboxylic acids is 1.